The van der Waals surface area contributed by atoms with Gasteiger partial charge in [0, 0.05) is 25.9 Å². The molecule has 1 aliphatic rings. The molecule has 1 heterocycles. The number of likely N-dealkylation sites (tertiary alicyclic amines) is 1. The third kappa shape index (κ3) is 5.40. The van der Waals surface area contributed by atoms with Crippen molar-refractivity contribution in [3.8, 4) is 0 Å². The minimum atomic E-state index is -0.171. The van der Waals surface area contributed by atoms with E-state index in [1.54, 1.807) is 4.90 Å². The molecule has 0 aromatic carbocycles. The highest BCUT2D eigenvalue weighted by atomic mass is 16.2. The molecule has 1 saturated heterocycles. The summed E-state index contributed by atoms with van der Waals surface area (Å²) < 4.78 is 0. The minimum Gasteiger partial charge on any atom is -0.369 e. The van der Waals surface area contributed by atoms with Crippen LogP contribution in [0.4, 0.5) is 0 Å². The summed E-state index contributed by atoms with van der Waals surface area (Å²) in [4.78, 5) is 22.6. The largest absolute Gasteiger partial charge is 0.369 e. The van der Waals surface area contributed by atoms with Crippen LogP contribution in [0.3, 0.4) is 0 Å². The van der Waals surface area contributed by atoms with Crippen LogP contribution in [-0.4, -0.2) is 30.3 Å². The van der Waals surface area contributed by atoms with E-state index in [-0.39, 0.29) is 11.8 Å². The Morgan fingerprint density at radius 1 is 1.47 bits per heavy atom. The standard InChI is InChI=1S/C6H13NO.C5H9NO/c1-3-5(4-2)6(7)8;1-6-4-2-3-5(6)7/h5H,3-4H2,1-2H3,(H2,7,8);2-4H2,1H3. The summed E-state index contributed by atoms with van der Waals surface area (Å²) >= 11 is 0. The number of hydrogen-bond donors (Lipinski definition) is 1. The third-order valence-corrected chi connectivity index (χ3v) is 2.70. The number of carbonyl (C=O) groups excluding carboxylic acids is 2. The smallest absolute Gasteiger partial charge is 0.222 e. The summed E-state index contributed by atoms with van der Waals surface area (Å²) in [5.41, 5.74) is 5.02. The molecule has 0 spiro atoms. The maximum atomic E-state index is 10.5. The molecule has 0 atom stereocenters. The average molecular weight is 214 g/mol. The Hall–Kier alpha value is -1.06. The fourth-order valence-electron chi connectivity index (χ4n) is 1.47. The van der Waals surface area contributed by atoms with Crippen molar-refractivity contribution in [2.24, 2.45) is 11.7 Å². The molecule has 88 valence electrons. The second kappa shape index (κ2) is 7.26. The molecule has 15 heavy (non-hydrogen) atoms. The molecule has 0 aromatic heterocycles. The topological polar surface area (TPSA) is 63.4 Å². The highest BCUT2D eigenvalue weighted by Crippen LogP contribution is 2.05. The molecule has 0 saturated carbocycles. The Morgan fingerprint density at radius 3 is 2.07 bits per heavy atom. The molecule has 0 aliphatic carbocycles. The number of hydrogen-bond acceptors (Lipinski definition) is 2. The van der Waals surface area contributed by atoms with Crippen molar-refractivity contribution >= 4 is 11.8 Å². The Balaban J connectivity index is 0.000000262. The number of amides is 2. The Kier molecular flexibility index (Phi) is 6.75. The molecular formula is C11H22N2O2. The lowest BCUT2D eigenvalue weighted by Gasteiger charge is -2.04. The summed E-state index contributed by atoms with van der Waals surface area (Å²) in [6.45, 7) is 4.90. The fraction of sp³-hybridized carbons (Fsp3) is 0.818. The first-order chi connectivity index (χ1) is 7.02. The van der Waals surface area contributed by atoms with Crippen LogP contribution in [0, 0.1) is 5.92 Å². The molecule has 4 heteroatoms. The van der Waals surface area contributed by atoms with Gasteiger partial charge in [-0.2, -0.15) is 0 Å². The summed E-state index contributed by atoms with van der Waals surface area (Å²) in [5, 5.41) is 0. The molecule has 0 bridgehead atoms. The van der Waals surface area contributed by atoms with Crippen molar-refractivity contribution in [3.63, 3.8) is 0 Å². The van der Waals surface area contributed by atoms with E-state index in [4.69, 9.17) is 5.73 Å². The van der Waals surface area contributed by atoms with E-state index in [1.165, 1.54) is 0 Å². The number of nitrogens with zero attached hydrogens (tertiary/aromatic N) is 1. The Labute approximate surface area is 91.8 Å². The van der Waals surface area contributed by atoms with Crippen LogP contribution in [0.25, 0.3) is 0 Å². The molecule has 0 radical (unpaired) electrons. The van der Waals surface area contributed by atoms with Gasteiger partial charge in [0.25, 0.3) is 0 Å². The Bertz CT molecular complexity index is 213. The molecule has 1 fully saturated rings. The lowest BCUT2D eigenvalue weighted by Crippen LogP contribution is -2.21. The molecule has 1 rings (SSSR count). The minimum absolute atomic E-state index is 0.0926. The Morgan fingerprint density at radius 2 is 2.00 bits per heavy atom. The van der Waals surface area contributed by atoms with Gasteiger partial charge in [-0.3, -0.25) is 9.59 Å². The lowest BCUT2D eigenvalue weighted by molar-refractivity contribution is -0.126. The maximum absolute atomic E-state index is 10.5. The average Bonchev–Trinajstić information content (AvgIpc) is 2.53. The number of carbonyl (C=O) groups is 2. The number of nitrogens with two attached hydrogens (primary N) is 1. The van der Waals surface area contributed by atoms with Gasteiger partial charge in [-0.05, 0) is 19.3 Å². The number of primary amides is 1. The second-order valence-electron chi connectivity index (χ2n) is 3.83. The predicted octanol–water partition coefficient (Wildman–Crippen LogP) is 1.15. The predicted molar refractivity (Wildman–Crippen MR) is 60.1 cm³/mol. The zero-order chi connectivity index (χ0) is 11.8. The van der Waals surface area contributed by atoms with Crippen molar-refractivity contribution in [2.45, 2.75) is 39.5 Å². The van der Waals surface area contributed by atoms with E-state index in [1.807, 2.05) is 20.9 Å². The van der Waals surface area contributed by atoms with Crippen LogP contribution in [0.15, 0.2) is 0 Å². The first-order valence-electron chi connectivity index (χ1n) is 5.56. The van der Waals surface area contributed by atoms with E-state index in [2.05, 4.69) is 0 Å². The van der Waals surface area contributed by atoms with E-state index in [9.17, 15) is 9.59 Å². The summed E-state index contributed by atoms with van der Waals surface area (Å²) in [7, 11) is 1.84. The van der Waals surface area contributed by atoms with Crippen LogP contribution in [0.5, 0.6) is 0 Å². The molecule has 1 aliphatic heterocycles. The van der Waals surface area contributed by atoms with Crippen molar-refractivity contribution in [2.75, 3.05) is 13.6 Å². The van der Waals surface area contributed by atoms with Crippen LogP contribution < -0.4 is 5.73 Å². The molecule has 2 amide bonds. The van der Waals surface area contributed by atoms with Gasteiger partial charge >= 0.3 is 0 Å². The molecule has 0 unspecified atom stereocenters. The van der Waals surface area contributed by atoms with Crippen molar-refractivity contribution in [1.29, 1.82) is 0 Å². The monoisotopic (exact) mass is 214 g/mol. The van der Waals surface area contributed by atoms with Gasteiger partial charge in [-0.25, -0.2) is 0 Å². The number of rotatable bonds is 3. The highest BCUT2D eigenvalue weighted by molar-refractivity contribution is 5.77. The summed E-state index contributed by atoms with van der Waals surface area (Å²) in [6.07, 6.45) is 3.55. The van der Waals surface area contributed by atoms with Gasteiger partial charge in [0.1, 0.15) is 0 Å². The van der Waals surface area contributed by atoms with Gasteiger partial charge in [0.2, 0.25) is 11.8 Å². The third-order valence-electron chi connectivity index (χ3n) is 2.70. The summed E-state index contributed by atoms with van der Waals surface area (Å²) in [5.74, 6) is 0.213. The van der Waals surface area contributed by atoms with E-state index in [0.29, 0.717) is 5.91 Å². The second-order valence-corrected chi connectivity index (χ2v) is 3.83. The SMILES string of the molecule is CCC(CC)C(N)=O.CN1CCCC1=O. The quantitative estimate of drug-likeness (QED) is 0.766. The zero-order valence-electron chi connectivity index (χ0n) is 9.95. The van der Waals surface area contributed by atoms with Crippen molar-refractivity contribution < 1.29 is 9.59 Å². The van der Waals surface area contributed by atoms with Crippen LogP contribution in [-0.2, 0) is 9.59 Å². The molecular weight excluding hydrogens is 192 g/mol. The van der Waals surface area contributed by atoms with Gasteiger partial charge in [-0.1, -0.05) is 13.8 Å². The molecule has 0 aromatic rings. The van der Waals surface area contributed by atoms with E-state index in [0.717, 1.165) is 32.2 Å². The highest BCUT2D eigenvalue weighted by Gasteiger charge is 2.14. The van der Waals surface area contributed by atoms with E-state index < -0.39 is 0 Å². The normalized spacial score (nSPS) is 15.2. The maximum Gasteiger partial charge on any atom is 0.222 e. The van der Waals surface area contributed by atoms with E-state index >= 15 is 0 Å². The fourth-order valence-corrected chi connectivity index (χ4v) is 1.47. The van der Waals surface area contributed by atoms with Crippen LogP contribution in [0.2, 0.25) is 0 Å². The summed E-state index contributed by atoms with van der Waals surface area (Å²) in [6, 6.07) is 0. The van der Waals surface area contributed by atoms with Gasteiger partial charge in [-0.15, -0.1) is 0 Å². The first-order valence-corrected chi connectivity index (χ1v) is 5.56. The molecule has 2 N–H and O–H groups in total. The first kappa shape index (κ1) is 13.9. The van der Waals surface area contributed by atoms with Gasteiger partial charge in [0.05, 0.1) is 0 Å². The van der Waals surface area contributed by atoms with Crippen molar-refractivity contribution in [3.05, 3.63) is 0 Å². The van der Waals surface area contributed by atoms with Crippen molar-refractivity contribution in [1.82, 2.24) is 4.90 Å². The lowest BCUT2D eigenvalue weighted by atomic mass is 10.0. The van der Waals surface area contributed by atoms with Crippen LogP contribution >= 0.6 is 0 Å². The van der Waals surface area contributed by atoms with Gasteiger partial charge in [0.15, 0.2) is 0 Å². The van der Waals surface area contributed by atoms with Crippen LogP contribution in [0.1, 0.15) is 39.5 Å². The zero-order valence-corrected chi connectivity index (χ0v) is 9.95. The van der Waals surface area contributed by atoms with Gasteiger partial charge < -0.3 is 10.6 Å². The molecule has 4 nitrogen and oxygen atoms in total.